The van der Waals surface area contributed by atoms with Crippen molar-refractivity contribution in [3.05, 3.63) is 94.0 Å². The summed E-state index contributed by atoms with van der Waals surface area (Å²) in [5.74, 6) is -0.523. The van der Waals surface area contributed by atoms with Gasteiger partial charge in [-0.2, -0.15) is 0 Å². The maximum atomic E-state index is 14.1. The van der Waals surface area contributed by atoms with Crippen LogP contribution < -0.4 is 14.4 Å². The Morgan fingerprint density at radius 3 is 2.20 bits per heavy atom. The van der Waals surface area contributed by atoms with Crippen LogP contribution in [0.25, 0.3) is 0 Å². The summed E-state index contributed by atoms with van der Waals surface area (Å²) in [4.78, 5) is 29.2. The molecule has 0 saturated heterocycles. The van der Waals surface area contributed by atoms with E-state index in [1.807, 2.05) is 44.2 Å². The van der Waals surface area contributed by atoms with Crippen LogP contribution in [0.1, 0.15) is 31.4 Å². The first-order chi connectivity index (χ1) is 19.4. The average Bonchev–Trinajstić information content (AvgIpc) is 2.94. The zero-order chi connectivity index (χ0) is 30.2. The number of sulfonamides is 1. The van der Waals surface area contributed by atoms with Gasteiger partial charge < -0.3 is 15.0 Å². The van der Waals surface area contributed by atoms with Gasteiger partial charge in [-0.25, -0.2) is 8.42 Å². The Morgan fingerprint density at radius 2 is 1.63 bits per heavy atom. The number of nitrogens with zero attached hydrogens (tertiary/aromatic N) is 2. The van der Waals surface area contributed by atoms with Crippen LogP contribution in [0.3, 0.4) is 0 Å². The second kappa shape index (κ2) is 14.6. The molecular weight excluding hydrogens is 585 g/mol. The van der Waals surface area contributed by atoms with E-state index in [2.05, 4.69) is 5.32 Å². The lowest BCUT2D eigenvalue weighted by atomic mass is 10.0. The van der Waals surface area contributed by atoms with Crippen LogP contribution in [0.2, 0.25) is 10.0 Å². The number of methoxy groups -OCH3 is 1. The maximum Gasteiger partial charge on any atom is 0.244 e. The predicted octanol–water partition coefficient (Wildman–Crippen LogP) is 5.32. The van der Waals surface area contributed by atoms with Gasteiger partial charge in [-0.1, -0.05) is 72.6 Å². The summed E-state index contributed by atoms with van der Waals surface area (Å²) in [5.41, 5.74) is 1.78. The van der Waals surface area contributed by atoms with E-state index in [0.29, 0.717) is 17.2 Å². The van der Waals surface area contributed by atoms with Gasteiger partial charge in [-0.3, -0.25) is 13.9 Å². The molecule has 0 aromatic heterocycles. The van der Waals surface area contributed by atoms with E-state index >= 15 is 0 Å². The lowest BCUT2D eigenvalue weighted by Crippen LogP contribution is -2.54. The minimum Gasteiger partial charge on any atom is -0.495 e. The molecule has 0 bridgehead atoms. The highest BCUT2D eigenvalue weighted by molar-refractivity contribution is 7.92. The molecule has 11 heteroatoms. The second-order valence-electron chi connectivity index (χ2n) is 9.76. The van der Waals surface area contributed by atoms with Gasteiger partial charge in [0.25, 0.3) is 0 Å². The molecule has 3 aromatic carbocycles. The summed E-state index contributed by atoms with van der Waals surface area (Å²) >= 11 is 12.4. The highest BCUT2D eigenvalue weighted by Gasteiger charge is 2.33. The molecule has 0 radical (unpaired) electrons. The average molecular weight is 621 g/mol. The van der Waals surface area contributed by atoms with Gasteiger partial charge in [0.2, 0.25) is 21.8 Å². The molecule has 1 N–H and O–H groups in total. The molecule has 3 rings (SSSR count). The van der Waals surface area contributed by atoms with E-state index in [1.54, 1.807) is 24.3 Å². The van der Waals surface area contributed by atoms with E-state index < -0.39 is 28.5 Å². The number of ether oxygens (including phenoxy) is 1. The van der Waals surface area contributed by atoms with E-state index in [4.69, 9.17) is 27.9 Å². The Kier molecular flexibility index (Phi) is 11.5. The van der Waals surface area contributed by atoms with Gasteiger partial charge >= 0.3 is 0 Å². The number of benzene rings is 3. The molecule has 2 atom stereocenters. The highest BCUT2D eigenvalue weighted by Crippen LogP contribution is 2.30. The molecular formula is C30H35Cl2N3O5S. The summed E-state index contributed by atoms with van der Waals surface area (Å²) < 4.78 is 32.0. The standard InChI is InChI=1S/C30H35Cl2N3O5S/c1-5-21(2)33-30(37)27(17-22-9-7-6-8-10-22)34(19-23-11-13-24(31)14-12-23)29(36)20-35(41(4,38)39)25-15-16-28(40-3)26(32)18-25/h6-16,18,21,27H,5,17,19-20H2,1-4H3,(H,33,37)/t21-,27+/m0/s1. The molecule has 2 amide bonds. The molecule has 0 saturated carbocycles. The number of rotatable bonds is 13. The number of carbonyl (C=O) groups is 2. The summed E-state index contributed by atoms with van der Waals surface area (Å²) in [6.45, 7) is 3.36. The van der Waals surface area contributed by atoms with Crippen LogP contribution in [0.15, 0.2) is 72.8 Å². The summed E-state index contributed by atoms with van der Waals surface area (Å²) in [5, 5.41) is 3.72. The molecule has 0 aliphatic rings. The third-order valence-electron chi connectivity index (χ3n) is 6.64. The third kappa shape index (κ3) is 9.11. The fourth-order valence-corrected chi connectivity index (χ4v) is 5.43. The Morgan fingerprint density at radius 1 is 0.976 bits per heavy atom. The minimum absolute atomic E-state index is 0.0579. The first kappa shape index (κ1) is 32.2. The van der Waals surface area contributed by atoms with Crippen molar-refractivity contribution in [1.29, 1.82) is 0 Å². The molecule has 0 aliphatic carbocycles. The Hall–Kier alpha value is -3.27. The van der Waals surface area contributed by atoms with Crippen molar-refractivity contribution in [3.8, 4) is 5.75 Å². The van der Waals surface area contributed by atoms with Gasteiger partial charge in [0, 0.05) is 24.0 Å². The number of nitrogens with one attached hydrogen (secondary N) is 1. The van der Waals surface area contributed by atoms with Crippen molar-refractivity contribution in [2.45, 2.75) is 45.3 Å². The number of hydrogen-bond donors (Lipinski definition) is 1. The van der Waals surface area contributed by atoms with Crippen LogP contribution in [0.4, 0.5) is 5.69 Å². The zero-order valence-electron chi connectivity index (χ0n) is 23.5. The summed E-state index contributed by atoms with van der Waals surface area (Å²) in [6, 6.07) is 19.7. The molecule has 0 aliphatic heterocycles. The quantitative estimate of drug-likeness (QED) is 0.279. The van der Waals surface area contributed by atoms with Crippen LogP contribution in [-0.2, 0) is 32.6 Å². The van der Waals surface area contributed by atoms with Crippen LogP contribution in [0, 0.1) is 0 Å². The van der Waals surface area contributed by atoms with E-state index in [0.717, 1.165) is 21.7 Å². The fraction of sp³-hybridized carbons (Fsp3) is 0.333. The van der Waals surface area contributed by atoms with Gasteiger partial charge in [-0.05, 0) is 54.8 Å². The molecule has 0 heterocycles. The minimum atomic E-state index is -3.92. The number of amides is 2. The summed E-state index contributed by atoms with van der Waals surface area (Å²) in [6.07, 6.45) is 1.95. The van der Waals surface area contributed by atoms with Crippen molar-refractivity contribution in [2.24, 2.45) is 0 Å². The first-order valence-electron chi connectivity index (χ1n) is 13.1. The van der Waals surface area contributed by atoms with Crippen LogP contribution in [0.5, 0.6) is 5.75 Å². The van der Waals surface area contributed by atoms with Gasteiger partial charge in [0.1, 0.15) is 18.3 Å². The largest absolute Gasteiger partial charge is 0.495 e. The number of halogens is 2. The van der Waals surface area contributed by atoms with Crippen molar-refractivity contribution in [3.63, 3.8) is 0 Å². The molecule has 0 spiro atoms. The monoisotopic (exact) mass is 619 g/mol. The van der Waals surface area contributed by atoms with E-state index in [9.17, 15) is 18.0 Å². The lowest BCUT2D eigenvalue weighted by molar-refractivity contribution is -0.140. The van der Waals surface area contributed by atoms with Gasteiger partial charge in [0.05, 0.1) is 24.1 Å². The second-order valence-corrected chi connectivity index (χ2v) is 12.5. The fourth-order valence-electron chi connectivity index (χ4n) is 4.21. The number of anilines is 1. The predicted molar refractivity (Wildman–Crippen MR) is 164 cm³/mol. The van der Waals surface area contributed by atoms with E-state index in [-0.39, 0.29) is 35.6 Å². The number of hydrogen-bond acceptors (Lipinski definition) is 5. The Balaban J connectivity index is 2.06. The molecule has 3 aromatic rings. The van der Waals surface area contributed by atoms with Gasteiger partial charge in [-0.15, -0.1) is 0 Å². The zero-order valence-corrected chi connectivity index (χ0v) is 25.8. The Bertz CT molecular complexity index is 1440. The van der Waals surface area contributed by atoms with Crippen LogP contribution >= 0.6 is 23.2 Å². The van der Waals surface area contributed by atoms with Crippen molar-refractivity contribution < 1.29 is 22.7 Å². The normalized spacial score (nSPS) is 12.7. The van der Waals surface area contributed by atoms with Crippen LogP contribution in [-0.4, -0.2) is 57.1 Å². The SMILES string of the molecule is CC[C@H](C)NC(=O)[C@@H](Cc1ccccc1)N(Cc1ccc(Cl)cc1)C(=O)CN(c1ccc(OC)c(Cl)c1)S(C)(=O)=O. The molecule has 220 valence electrons. The molecule has 8 nitrogen and oxygen atoms in total. The van der Waals surface area contributed by atoms with Crippen molar-refractivity contribution in [1.82, 2.24) is 10.2 Å². The van der Waals surface area contributed by atoms with E-state index in [1.165, 1.54) is 30.2 Å². The molecule has 41 heavy (non-hydrogen) atoms. The maximum absolute atomic E-state index is 14.1. The first-order valence-corrected chi connectivity index (χ1v) is 15.7. The smallest absolute Gasteiger partial charge is 0.244 e. The third-order valence-corrected chi connectivity index (χ3v) is 8.33. The van der Waals surface area contributed by atoms with Gasteiger partial charge in [0.15, 0.2) is 0 Å². The van der Waals surface area contributed by atoms with Crippen molar-refractivity contribution in [2.75, 3.05) is 24.2 Å². The summed E-state index contributed by atoms with van der Waals surface area (Å²) in [7, 11) is -2.47. The Labute approximate surface area is 252 Å². The van der Waals surface area contributed by atoms with Crippen molar-refractivity contribution >= 4 is 50.7 Å². The number of carbonyl (C=O) groups excluding carboxylic acids is 2. The molecule has 0 fully saturated rings. The topological polar surface area (TPSA) is 96.0 Å². The highest BCUT2D eigenvalue weighted by atomic mass is 35.5. The molecule has 0 unspecified atom stereocenters. The lowest BCUT2D eigenvalue weighted by Gasteiger charge is -2.34.